The van der Waals surface area contributed by atoms with Gasteiger partial charge in [-0.3, -0.25) is 14.0 Å². The highest BCUT2D eigenvalue weighted by Crippen LogP contribution is 2.18. The van der Waals surface area contributed by atoms with Gasteiger partial charge in [-0.15, -0.1) is 10.2 Å². The predicted molar refractivity (Wildman–Crippen MR) is 112 cm³/mol. The first-order valence-corrected chi connectivity index (χ1v) is 10.7. The molecule has 0 aliphatic carbocycles. The lowest BCUT2D eigenvalue weighted by atomic mass is 10.0. The third kappa shape index (κ3) is 4.98. The van der Waals surface area contributed by atoms with Gasteiger partial charge in [0.05, 0.1) is 6.04 Å². The molecule has 0 aliphatic rings. The molecule has 28 heavy (non-hydrogen) atoms. The van der Waals surface area contributed by atoms with E-state index in [2.05, 4.69) is 15.5 Å². The molecule has 0 spiro atoms. The van der Waals surface area contributed by atoms with Crippen LogP contribution in [0.4, 0.5) is 0 Å². The summed E-state index contributed by atoms with van der Waals surface area (Å²) in [5.74, 6) is 1.42. The summed E-state index contributed by atoms with van der Waals surface area (Å²) in [5.41, 5.74) is 2.49. The molecule has 0 aliphatic heterocycles. The Morgan fingerprint density at radius 2 is 1.89 bits per heavy atom. The summed E-state index contributed by atoms with van der Waals surface area (Å²) in [7, 11) is 0. The highest BCUT2D eigenvalue weighted by Gasteiger charge is 2.20. The molecule has 146 valence electrons. The van der Waals surface area contributed by atoms with E-state index in [1.165, 1.54) is 0 Å². The summed E-state index contributed by atoms with van der Waals surface area (Å²) in [6.45, 7) is 1.98. The average molecular weight is 397 g/mol. The number of benzene rings is 1. The van der Waals surface area contributed by atoms with Crippen LogP contribution in [0.3, 0.4) is 0 Å². The summed E-state index contributed by atoms with van der Waals surface area (Å²) in [6, 6.07) is 12.9. The maximum absolute atomic E-state index is 12.5. The van der Waals surface area contributed by atoms with Gasteiger partial charge >= 0.3 is 0 Å². The van der Waals surface area contributed by atoms with E-state index >= 15 is 0 Å². The minimum Gasteiger partial charge on any atom is -0.346 e. The summed E-state index contributed by atoms with van der Waals surface area (Å²) >= 11 is 1.71. The molecule has 7 heteroatoms. The molecule has 1 amide bonds. The van der Waals surface area contributed by atoms with Crippen LogP contribution >= 0.6 is 11.8 Å². The van der Waals surface area contributed by atoms with E-state index in [1.54, 1.807) is 23.9 Å². The quantitative estimate of drug-likeness (QED) is 0.559. The summed E-state index contributed by atoms with van der Waals surface area (Å²) in [5, 5.41) is 11.5. The number of thioether (sulfide) groups is 1. The van der Waals surface area contributed by atoms with Crippen molar-refractivity contribution in [3.05, 3.63) is 65.6 Å². The van der Waals surface area contributed by atoms with Crippen molar-refractivity contribution in [1.29, 1.82) is 0 Å². The van der Waals surface area contributed by atoms with Gasteiger partial charge in [-0.2, -0.15) is 11.8 Å². The van der Waals surface area contributed by atoms with Crippen molar-refractivity contribution >= 4 is 29.1 Å². The average Bonchev–Trinajstić information content (AvgIpc) is 3.14. The fourth-order valence-corrected chi connectivity index (χ4v) is 3.45. The van der Waals surface area contributed by atoms with Gasteiger partial charge in [0, 0.05) is 24.6 Å². The normalized spacial score (nSPS) is 12.1. The zero-order valence-corrected chi connectivity index (χ0v) is 16.9. The van der Waals surface area contributed by atoms with Crippen LogP contribution in [0.25, 0.3) is 5.65 Å². The second-order valence-corrected chi connectivity index (χ2v) is 7.66. The largest absolute Gasteiger partial charge is 0.346 e. The summed E-state index contributed by atoms with van der Waals surface area (Å²) in [4.78, 5) is 24.8. The van der Waals surface area contributed by atoms with Gasteiger partial charge in [-0.1, -0.05) is 35.9 Å². The van der Waals surface area contributed by atoms with E-state index < -0.39 is 0 Å². The molecule has 0 saturated heterocycles. The van der Waals surface area contributed by atoms with Gasteiger partial charge in [0.2, 0.25) is 5.91 Å². The van der Waals surface area contributed by atoms with Crippen molar-refractivity contribution in [3.63, 3.8) is 0 Å². The summed E-state index contributed by atoms with van der Waals surface area (Å²) < 4.78 is 1.89. The zero-order chi connectivity index (χ0) is 19.9. The fraction of sp³-hybridized carbons (Fsp3) is 0.333. The molecule has 0 unspecified atom stereocenters. The van der Waals surface area contributed by atoms with Gasteiger partial charge in [-0.25, -0.2) is 0 Å². The lowest BCUT2D eigenvalue weighted by Crippen LogP contribution is -2.30. The number of fused-ring (bicyclic) bond motifs is 1. The Bertz CT molecular complexity index is 952. The number of aromatic nitrogens is 3. The predicted octanol–water partition coefficient (Wildman–Crippen LogP) is 3.61. The molecule has 0 radical (unpaired) electrons. The van der Waals surface area contributed by atoms with Crippen molar-refractivity contribution in [1.82, 2.24) is 19.9 Å². The number of nitrogens with zero attached hydrogens (tertiary/aromatic N) is 3. The molecule has 0 bridgehead atoms. The number of rotatable bonds is 9. The molecule has 2 aromatic heterocycles. The number of carbonyl (C=O) groups excluding carboxylic acids is 2. The molecule has 0 fully saturated rings. The Morgan fingerprint density at radius 3 is 2.64 bits per heavy atom. The number of amides is 1. The molecule has 2 heterocycles. The highest BCUT2D eigenvalue weighted by atomic mass is 32.2. The van der Waals surface area contributed by atoms with Crippen LogP contribution in [0, 0.1) is 6.92 Å². The fourth-order valence-electron chi connectivity index (χ4n) is 2.98. The Balaban J connectivity index is 1.64. The maximum Gasteiger partial charge on any atom is 0.221 e. The van der Waals surface area contributed by atoms with E-state index in [0.717, 1.165) is 23.4 Å². The summed E-state index contributed by atoms with van der Waals surface area (Å²) in [6.07, 6.45) is 5.00. The van der Waals surface area contributed by atoms with E-state index in [-0.39, 0.29) is 30.6 Å². The first-order chi connectivity index (χ1) is 13.6. The van der Waals surface area contributed by atoms with Crippen molar-refractivity contribution in [2.24, 2.45) is 0 Å². The molecule has 1 atom stereocenters. The second-order valence-electron chi connectivity index (χ2n) is 6.68. The van der Waals surface area contributed by atoms with E-state index in [4.69, 9.17) is 0 Å². The van der Waals surface area contributed by atoms with Crippen molar-refractivity contribution in [3.8, 4) is 0 Å². The number of hydrogen-bond donors (Lipinski definition) is 1. The lowest BCUT2D eigenvalue weighted by Gasteiger charge is -2.17. The number of hydrogen-bond acceptors (Lipinski definition) is 5. The molecule has 3 aromatic rings. The minimum absolute atomic E-state index is 0.0243. The van der Waals surface area contributed by atoms with Crippen LogP contribution in [-0.2, 0) is 4.79 Å². The van der Waals surface area contributed by atoms with Gasteiger partial charge in [-0.05, 0) is 37.5 Å². The molecule has 1 N–H and O–H groups in total. The molecule has 0 saturated carbocycles. The number of carbonyl (C=O) groups is 2. The van der Waals surface area contributed by atoms with Crippen LogP contribution in [0.15, 0.2) is 48.7 Å². The number of ketones is 1. The molecule has 6 nitrogen and oxygen atoms in total. The number of Topliss-reactive ketones (excluding diaryl/α,β-unsaturated/α-hetero) is 1. The zero-order valence-electron chi connectivity index (χ0n) is 16.1. The first-order valence-electron chi connectivity index (χ1n) is 9.26. The van der Waals surface area contributed by atoms with E-state index in [9.17, 15) is 9.59 Å². The smallest absolute Gasteiger partial charge is 0.221 e. The monoisotopic (exact) mass is 396 g/mol. The van der Waals surface area contributed by atoms with Gasteiger partial charge in [0.25, 0.3) is 0 Å². The van der Waals surface area contributed by atoms with Gasteiger partial charge < -0.3 is 5.32 Å². The third-order valence-corrected chi connectivity index (χ3v) is 5.19. The van der Waals surface area contributed by atoms with Crippen molar-refractivity contribution < 1.29 is 9.59 Å². The van der Waals surface area contributed by atoms with Crippen molar-refractivity contribution in [2.45, 2.75) is 32.2 Å². The van der Waals surface area contributed by atoms with Crippen LogP contribution < -0.4 is 5.32 Å². The van der Waals surface area contributed by atoms with E-state index in [0.29, 0.717) is 11.4 Å². The van der Waals surface area contributed by atoms with Crippen LogP contribution in [-0.4, -0.2) is 38.3 Å². The Labute approximate surface area is 168 Å². The van der Waals surface area contributed by atoms with Crippen LogP contribution in [0.2, 0.25) is 0 Å². The van der Waals surface area contributed by atoms with Crippen molar-refractivity contribution in [2.75, 3.05) is 12.0 Å². The van der Waals surface area contributed by atoms with Crippen LogP contribution in [0.1, 0.15) is 47.1 Å². The van der Waals surface area contributed by atoms with Gasteiger partial charge in [0.1, 0.15) is 0 Å². The third-order valence-electron chi connectivity index (χ3n) is 4.55. The molecule has 3 rings (SSSR count). The standard InChI is InChI=1S/C21H24N4O2S/c1-15-6-8-16(9-7-15)18(26)10-11-20(27)22-17(12-14-28-2)21-24-23-19-5-3-4-13-25(19)21/h3-9,13,17H,10-12,14H2,1-2H3,(H,22,27)/t17-/m0/s1. The topological polar surface area (TPSA) is 76.4 Å². The lowest BCUT2D eigenvalue weighted by molar-refractivity contribution is -0.121. The highest BCUT2D eigenvalue weighted by molar-refractivity contribution is 7.98. The number of pyridine rings is 1. The SMILES string of the molecule is CSCC[C@H](NC(=O)CCC(=O)c1ccc(C)cc1)c1nnc2ccccn12. The Kier molecular flexibility index (Phi) is 6.81. The maximum atomic E-state index is 12.5. The molecule has 1 aromatic carbocycles. The molecular formula is C21H24N4O2S. The Morgan fingerprint density at radius 1 is 1.11 bits per heavy atom. The first kappa shape index (κ1) is 20.1. The molecular weight excluding hydrogens is 372 g/mol. The van der Waals surface area contributed by atoms with Gasteiger partial charge in [0.15, 0.2) is 17.3 Å². The number of aryl methyl sites for hydroxylation is 1. The number of nitrogens with one attached hydrogen (secondary N) is 1. The van der Waals surface area contributed by atoms with Crippen LogP contribution in [0.5, 0.6) is 0 Å². The van der Waals surface area contributed by atoms with E-state index in [1.807, 2.05) is 54.1 Å². The Hall–Kier alpha value is -2.67. The second kappa shape index (κ2) is 9.50. The minimum atomic E-state index is -0.244.